The Morgan fingerprint density at radius 1 is 1.38 bits per heavy atom. The summed E-state index contributed by atoms with van der Waals surface area (Å²) in [4.78, 5) is 11.0. The van der Waals surface area contributed by atoms with Gasteiger partial charge in [0.2, 0.25) is 0 Å². The summed E-state index contributed by atoms with van der Waals surface area (Å²) in [6, 6.07) is 1.93. The molecule has 1 rings (SSSR count). The van der Waals surface area contributed by atoms with E-state index in [0.717, 1.165) is 6.07 Å². The van der Waals surface area contributed by atoms with E-state index < -0.39 is 11.6 Å². The molecule has 0 amide bonds. The van der Waals surface area contributed by atoms with Crippen LogP contribution in [-0.4, -0.2) is 5.78 Å². The van der Waals surface area contributed by atoms with Crippen LogP contribution in [0, 0.1) is 11.6 Å². The predicted molar refractivity (Wildman–Crippen MR) is 45.7 cm³/mol. The molecule has 0 saturated heterocycles. The molecule has 0 N–H and O–H groups in total. The number of carbonyl (C=O) groups is 1. The highest BCUT2D eigenvalue weighted by molar-refractivity contribution is 5.95. The maximum Gasteiger partial charge on any atom is 0.163 e. The molecule has 0 aromatic heterocycles. The molecule has 0 aliphatic rings. The van der Waals surface area contributed by atoms with Crippen molar-refractivity contribution >= 4 is 5.78 Å². The molecule has 0 heterocycles. The van der Waals surface area contributed by atoms with Crippen molar-refractivity contribution in [3.05, 3.63) is 34.9 Å². The number of benzene rings is 1. The van der Waals surface area contributed by atoms with Crippen molar-refractivity contribution in [3.63, 3.8) is 0 Å². The average molecular weight is 184 g/mol. The third-order valence-corrected chi connectivity index (χ3v) is 1.87. The van der Waals surface area contributed by atoms with Gasteiger partial charge in [0.15, 0.2) is 5.78 Å². The smallest absolute Gasteiger partial charge is 0.163 e. The van der Waals surface area contributed by atoms with Gasteiger partial charge in [-0.05, 0) is 25.0 Å². The Kier molecular flexibility index (Phi) is 2.76. The van der Waals surface area contributed by atoms with E-state index in [-0.39, 0.29) is 11.3 Å². The molecule has 13 heavy (non-hydrogen) atoms. The van der Waals surface area contributed by atoms with Crippen LogP contribution in [0.3, 0.4) is 0 Å². The quantitative estimate of drug-likeness (QED) is 0.646. The summed E-state index contributed by atoms with van der Waals surface area (Å²) in [6.07, 6.45) is 0.448. The first-order valence-corrected chi connectivity index (χ1v) is 4.05. The van der Waals surface area contributed by atoms with E-state index in [1.807, 2.05) is 0 Å². The largest absolute Gasteiger partial charge is 0.294 e. The Labute approximate surface area is 75.4 Å². The van der Waals surface area contributed by atoms with Crippen LogP contribution in [0.5, 0.6) is 0 Å². The van der Waals surface area contributed by atoms with Gasteiger partial charge >= 0.3 is 0 Å². The van der Waals surface area contributed by atoms with Crippen LogP contribution in [0.4, 0.5) is 8.78 Å². The molecule has 0 atom stereocenters. The number of carbonyl (C=O) groups excluding carboxylic acids is 1. The molecule has 3 heteroatoms. The highest BCUT2D eigenvalue weighted by Gasteiger charge is 2.13. The fourth-order valence-electron chi connectivity index (χ4n) is 1.30. The van der Waals surface area contributed by atoms with Gasteiger partial charge < -0.3 is 0 Å². The number of hydrogen-bond acceptors (Lipinski definition) is 1. The Balaban J connectivity index is 3.38. The number of ketones is 1. The van der Waals surface area contributed by atoms with Crippen LogP contribution in [0.15, 0.2) is 12.1 Å². The third-order valence-electron chi connectivity index (χ3n) is 1.87. The Bertz CT molecular complexity index is 345. The topological polar surface area (TPSA) is 17.1 Å². The molecule has 0 spiro atoms. The van der Waals surface area contributed by atoms with Crippen molar-refractivity contribution < 1.29 is 13.6 Å². The van der Waals surface area contributed by atoms with Gasteiger partial charge in [0, 0.05) is 6.07 Å². The lowest BCUT2D eigenvalue weighted by molar-refractivity contribution is 0.101. The second-order valence-electron chi connectivity index (χ2n) is 2.83. The fourth-order valence-corrected chi connectivity index (χ4v) is 1.30. The fraction of sp³-hybridized carbons (Fsp3) is 0.300. The van der Waals surface area contributed by atoms with Crippen molar-refractivity contribution in [1.82, 2.24) is 0 Å². The van der Waals surface area contributed by atoms with Crippen molar-refractivity contribution in [3.8, 4) is 0 Å². The normalized spacial score (nSPS) is 10.2. The third kappa shape index (κ3) is 1.91. The summed E-state index contributed by atoms with van der Waals surface area (Å²) in [7, 11) is 0. The van der Waals surface area contributed by atoms with Crippen molar-refractivity contribution in [2.75, 3.05) is 0 Å². The van der Waals surface area contributed by atoms with Gasteiger partial charge in [0.25, 0.3) is 0 Å². The van der Waals surface area contributed by atoms with Crippen LogP contribution < -0.4 is 0 Å². The Hall–Kier alpha value is -1.25. The number of rotatable bonds is 2. The van der Waals surface area contributed by atoms with Gasteiger partial charge in [-0.15, -0.1) is 0 Å². The highest BCUT2D eigenvalue weighted by atomic mass is 19.1. The molecule has 0 aliphatic heterocycles. The lowest BCUT2D eigenvalue weighted by atomic mass is 10.0. The molecular weight excluding hydrogens is 174 g/mol. The van der Waals surface area contributed by atoms with E-state index in [0.29, 0.717) is 12.0 Å². The maximum absolute atomic E-state index is 13.1. The summed E-state index contributed by atoms with van der Waals surface area (Å²) in [5.74, 6) is -1.78. The molecule has 0 bridgehead atoms. The minimum atomic E-state index is -0.774. The van der Waals surface area contributed by atoms with Gasteiger partial charge in [-0.25, -0.2) is 8.78 Å². The molecule has 0 fully saturated rings. The van der Waals surface area contributed by atoms with Crippen LogP contribution in [0.1, 0.15) is 29.8 Å². The van der Waals surface area contributed by atoms with Crippen molar-refractivity contribution in [1.29, 1.82) is 0 Å². The van der Waals surface area contributed by atoms with Gasteiger partial charge in [0.05, 0.1) is 5.56 Å². The second-order valence-corrected chi connectivity index (χ2v) is 2.83. The van der Waals surface area contributed by atoms with Crippen molar-refractivity contribution in [2.45, 2.75) is 20.3 Å². The molecule has 0 saturated carbocycles. The number of Topliss-reactive ketones (excluding diaryl/α,β-unsaturated/α-hetero) is 1. The summed E-state index contributed by atoms with van der Waals surface area (Å²) in [5, 5.41) is 0. The summed E-state index contributed by atoms with van der Waals surface area (Å²) in [5.41, 5.74) is 0.425. The SMILES string of the molecule is CCc1cc(F)cc(F)c1C(C)=O. The van der Waals surface area contributed by atoms with Gasteiger partial charge in [-0.2, -0.15) is 0 Å². The van der Waals surface area contributed by atoms with E-state index in [4.69, 9.17) is 0 Å². The highest BCUT2D eigenvalue weighted by Crippen LogP contribution is 2.17. The molecule has 0 unspecified atom stereocenters. The second kappa shape index (κ2) is 3.64. The van der Waals surface area contributed by atoms with E-state index in [2.05, 4.69) is 0 Å². The van der Waals surface area contributed by atoms with Gasteiger partial charge in [0.1, 0.15) is 11.6 Å². The van der Waals surface area contributed by atoms with Crippen LogP contribution in [-0.2, 0) is 6.42 Å². The summed E-state index contributed by atoms with van der Waals surface area (Å²) >= 11 is 0. The van der Waals surface area contributed by atoms with Crippen molar-refractivity contribution in [2.24, 2.45) is 0 Å². The van der Waals surface area contributed by atoms with Crippen LogP contribution in [0.2, 0.25) is 0 Å². The minimum Gasteiger partial charge on any atom is -0.294 e. The summed E-state index contributed by atoms with van der Waals surface area (Å²) < 4.78 is 25.8. The predicted octanol–water partition coefficient (Wildman–Crippen LogP) is 2.73. The Morgan fingerprint density at radius 2 is 2.00 bits per heavy atom. The maximum atomic E-state index is 13.1. The van der Waals surface area contributed by atoms with Gasteiger partial charge in [-0.1, -0.05) is 6.92 Å². The molecule has 0 aliphatic carbocycles. The first-order valence-electron chi connectivity index (χ1n) is 4.05. The standard InChI is InChI=1S/C10H10F2O/c1-3-7-4-8(11)5-9(12)10(7)6(2)13/h4-5H,3H2,1-2H3. The van der Waals surface area contributed by atoms with Gasteiger partial charge in [-0.3, -0.25) is 4.79 Å². The Morgan fingerprint density at radius 3 is 2.46 bits per heavy atom. The molecule has 1 aromatic carbocycles. The zero-order chi connectivity index (χ0) is 10.0. The lowest BCUT2D eigenvalue weighted by Gasteiger charge is -2.05. The molecular formula is C10H10F2O. The molecule has 1 nitrogen and oxygen atoms in total. The summed E-state index contributed by atoms with van der Waals surface area (Å²) in [6.45, 7) is 3.02. The van der Waals surface area contributed by atoms with E-state index in [1.54, 1.807) is 6.92 Å². The number of aryl methyl sites for hydroxylation is 1. The van der Waals surface area contributed by atoms with Crippen LogP contribution >= 0.6 is 0 Å². The number of hydrogen-bond donors (Lipinski definition) is 0. The van der Waals surface area contributed by atoms with E-state index >= 15 is 0 Å². The van der Waals surface area contributed by atoms with Crippen LogP contribution in [0.25, 0.3) is 0 Å². The zero-order valence-corrected chi connectivity index (χ0v) is 7.53. The first-order chi connectivity index (χ1) is 6.06. The monoisotopic (exact) mass is 184 g/mol. The molecule has 1 aromatic rings. The van der Waals surface area contributed by atoms with E-state index in [9.17, 15) is 13.6 Å². The number of halogens is 2. The zero-order valence-electron chi connectivity index (χ0n) is 7.53. The first kappa shape index (κ1) is 9.84. The molecule has 70 valence electrons. The molecule has 0 radical (unpaired) electrons. The minimum absolute atomic E-state index is 0.00361. The van der Waals surface area contributed by atoms with E-state index in [1.165, 1.54) is 13.0 Å². The lowest BCUT2D eigenvalue weighted by Crippen LogP contribution is -2.03. The average Bonchev–Trinajstić information content (AvgIpc) is 2.01.